The lowest BCUT2D eigenvalue weighted by atomic mass is 10.1. The van der Waals surface area contributed by atoms with Gasteiger partial charge in [-0.1, -0.05) is 12.1 Å². The maximum absolute atomic E-state index is 5.37. The first kappa shape index (κ1) is 10.4. The molecule has 1 saturated heterocycles. The SMILES string of the molecule is c1cc(-c2cn[nH]c2)cc(N2CCOCC2)c1. The molecule has 1 fully saturated rings. The molecule has 2 aromatic rings. The van der Waals surface area contributed by atoms with Crippen LogP contribution in [0.3, 0.4) is 0 Å². The molecule has 4 nitrogen and oxygen atoms in total. The van der Waals surface area contributed by atoms with Gasteiger partial charge in [-0.3, -0.25) is 5.10 Å². The Bertz CT molecular complexity index is 475. The minimum atomic E-state index is 0.815. The summed E-state index contributed by atoms with van der Waals surface area (Å²) < 4.78 is 5.37. The van der Waals surface area contributed by atoms with E-state index in [4.69, 9.17) is 4.74 Å². The summed E-state index contributed by atoms with van der Waals surface area (Å²) in [5, 5.41) is 6.83. The summed E-state index contributed by atoms with van der Waals surface area (Å²) in [6, 6.07) is 8.55. The molecule has 1 N–H and O–H groups in total. The van der Waals surface area contributed by atoms with Crippen molar-refractivity contribution in [3.05, 3.63) is 36.7 Å². The van der Waals surface area contributed by atoms with Gasteiger partial charge in [0, 0.05) is 30.5 Å². The molecule has 1 aliphatic rings. The van der Waals surface area contributed by atoms with E-state index in [0.717, 1.165) is 31.9 Å². The number of ether oxygens (including phenoxy) is 1. The van der Waals surface area contributed by atoms with Crippen molar-refractivity contribution < 1.29 is 4.74 Å². The summed E-state index contributed by atoms with van der Waals surface area (Å²) in [6.07, 6.45) is 3.76. The molecular weight excluding hydrogens is 214 g/mol. The number of nitrogens with one attached hydrogen (secondary N) is 1. The zero-order valence-electron chi connectivity index (χ0n) is 9.60. The first-order chi connectivity index (χ1) is 8.43. The van der Waals surface area contributed by atoms with Gasteiger partial charge in [0.2, 0.25) is 0 Å². The lowest BCUT2D eigenvalue weighted by Crippen LogP contribution is -2.36. The van der Waals surface area contributed by atoms with Gasteiger partial charge in [0.05, 0.1) is 19.4 Å². The van der Waals surface area contributed by atoms with Crippen LogP contribution in [0, 0.1) is 0 Å². The third kappa shape index (κ3) is 2.17. The van der Waals surface area contributed by atoms with Gasteiger partial charge in [0.25, 0.3) is 0 Å². The number of rotatable bonds is 2. The second-order valence-corrected chi connectivity index (χ2v) is 4.14. The predicted molar refractivity (Wildman–Crippen MR) is 67.1 cm³/mol. The van der Waals surface area contributed by atoms with Crippen LogP contribution in [0.4, 0.5) is 5.69 Å². The molecule has 0 aliphatic carbocycles. The van der Waals surface area contributed by atoms with Crippen LogP contribution >= 0.6 is 0 Å². The van der Waals surface area contributed by atoms with Crippen LogP contribution in [-0.4, -0.2) is 36.5 Å². The number of hydrogen-bond acceptors (Lipinski definition) is 3. The van der Waals surface area contributed by atoms with Crippen molar-refractivity contribution in [2.45, 2.75) is 0 Å². The van der Waals surface area contributed by atoms with E-state index in [2.05, 4.69) is 39.4 Å². The van der Waals surface area contributed by atoms with E-state index < -0.39 is 0 Å². The average Bonchev–Trinajstić information content (AvgIpc) is 2.94. The van der Waals surface area contributed by atoms with Crippen LogP contribution in [0.25, 0.3) is 11.1 Å². The lowest BCUT2D eigenvalue weighted by molar-refractivity contribution is 0.122. The molecule has 0 unspecified atom stereocenters. The summed E-state index contributed by atoms with van der Waals surface area (Å²) >= 11 is 0. The molecule has 2 heterocycles. The van der Waals surface area contributed by atoms with Crippen molar-refractivity contribution in [2.24, 2.45) is 0 Å². The monoisotopic (exact) mass is 229 g/mol. The number of hydrogen-bond donors (Lipinski definition) is 1. The Balaban J connectivity index is 1.88. The van der Waals surface area contributed by atoms with Crippen LogP contribution in [0.1, 0.15) is 0 Å². The molecule has 0 spiro atoms. The fraction of sp³-hybridized carbons (Fsp3) is 0.308. The minimum absolute atomic E-state index is 0.815. The molecule has 3 rings (SSSR count). The highest BCUT2D eigenvalue weighted by Crippen LogP contribution is 2.24. The van der Waals surface area contributed by atoms with Crippen molar-refractivity contribution in [1.29, 1.82) is 0 Å². The molecule has 1 aromatic carbocycles. The number of benzene rings is 1. The molecule has 0 atom stereocenters. The Hall–Kier alpha value is -1.81. The van der Waals surface area contributed by atoms with E-state index in [0.29, 0.717) is 0 Å². The summed E-state index contributed by atoms with van der Waals surface area (Å²) in [4.78, 5) is 2.35. The molecule has 0 saturated carbocycles. The van der Waals surface area contributed by atoms with Crippen LogP contribution in [0.15, 0.2) is 36.7 Å². The molecule has 1 aromatic heterocycles. The normalized spacial score (nSPS) is 16.1. The third-order valence-electron chi connectivity index (χ3n) is 3.05. The molecule has 0 amide bonds. The number of aromatic nitrogens is 2. The maximum atomic E-state index is 5.37. The zero-order chi connectivity index (χ0) is 11.5. The van der Waals surface area contributed by atoms with Gasteiger partial charge in [0.1, 0.15) is 0 Å². The van der Waals surface area contributed by atoms with Crippen LogP contribution in [0.5, 0.6) is 0 Å². The van der Waals surface area contributed by atoms with E-state index in [9.17, 15) is 0 Å². The third-order valence-corrected chi connectivity index (χ3v) is 3.05. The van der Waals surface area contributed by atoms with Crippen LogP contribution < -0.4 is 4.90 Å². The number of aromatic amines is 1. The van der Waals surface area contributed by atoms with Gasteiger partial charge in [-0.15, -0.1) is 0 Å². The second-order valence-electron chi connectivity index (χ2n) is 4.14. The largest absolute Gasteiger partial charge is 0.378 e. The molecule has 88 valence electrons. The van der Waals surface area contributed by atoms with Crippen molar-refractivity contribution in [3.8, 4) is 11.1 Å². The summed E-state index contributed by atoms with van der Waals surface area (Å²) in [6.45, 7) is 3.57. The Labute approximate surface area is 100 Å². The van der Waals surface area contributed by atoms with Crippen molar-refractivity contribution in [2.75, 3.05) is 31.2 Å². The molecule has 0 bridgehead atoms. The molecule has 1 aliphatic heterocycles. The van der Waals surface area contributed by atoms with Gasteiger partial charge < -0.3 is 9.64 Å². The summed E-state index contributed by atoms with van der Waals surface area (Å²) in [7, 11) is 0. The van der Waals surface area contributed by atoms with E-state index >= 15 is 0 Å². The first-order valence-corrected chi connectivity index (χ1v) is 5.85. The van der Waals surface area contributed by atoms with Crippen molar-refractivity contribution in [1.82, 2.24) is 10.2 Å². The Morgan fingerprint density at radius 1 is 1.18 bits per heavy atom. The van der Waals surface area contributed by atoms with E-state index in [-0.39, 0.29) is 0 Å². The highest BCUT2D eigenvalue weighted by Gasteiger charge is 2.11. The van der Waals surface area contributed by atoms with Gasteiger partial charge in [-0.25, -0.2) is 0 Å². The number of anilines is 1. The Kier molecular flexibility index (Phi) is 2.80. The number of nitrogens with zero attached hydrogens (tertiary/aromatic N) is 2. The van der Waals surface area contributed by atoms with Gasteiger partial charge in [-0.2, -0.15) is 5.10 Å². The fourth-order valence-corrected chi connectivity index (χ4v) is 2.11. The Morgan fingerprint density at radius 3 is 2.82 bits per heavy atom. The average molecular weight is 229 g/mol. The fourth-order valence-electron chi connectivity index (χ4n) is 2.11. The smallest absolute Gasteiger partial charge is 0.0642 e. The standard InChI is InChI=1S/C13H15N3O/c1-2-11(12-9-14-15-10-12)8-13(3-1)16-4-6-17-7-5-16/h1-3,8-10H,4-7H2,(H,14,15). The summed E-state index contributed by atoms with van der Waals surface area (Å²) in [5.41, 5.74) is 3.58. The molecule has 4 heteroatoms. The van der Waals surface area contributed by atoms with E-state index in [1.807, 2.05) is 12.4 Å². The number of H-pyrrole nitrogens is 1. The second kappa shape index (κ2) is 4.59. The van der Waals surface area contributed by atoms with E-state index in [1.54, 1.807) is 0 Å². The van der Waals surface area contributed by atoms with Crippen molar-refractivity contribution >= 4 is 5.69 Å². The quantitative estimate of drug-likeness (QED) is 0.855. The minimum Gasteiger partial charge on any atom is -0.378 e. The van der Waals surface area contributed by atoms with Crippen LogP contribution in [0.2, 0.25) is 0 Å². The van der Waals surface area contributed by atoms with Gasteiger partial charge in [0.15, 0.2) is 0 Å². The molecular formula is C13H15N3O. The van der Waals surface area contributed by atoms with Crippen LogP contribution in [-0.2, 0) is 4.74 Å². The lowest BCUT2D eigenvalue weighted by Gasteiger charge is -2.29. The zero-order valence-corrected chi connectivity index (χ0v) is 9.60. The van der Waals surface area contributed by atoms with Gasteiger partial charge in [-0.05, 0) is 17.7 Å². The van der Waals surface area contributed by atoms with E-state index in [1.165, 1.54) is 11.3 Å². The Morgan fingerprint density at radius 2 is 2.06 bits per heavy atom. The highest BCUT2D eigenvalue weighted by atomic mass is 16.5. The predicted octanol–water partition coefficient (Wildman–Crippen LogP) is 1.91. The highest BCUT2D eigenvalue weighted by molar-refractivity contribution is 5.67. The molecule has 0 radical (unpaired) electrons. The van der Waals surface area contributed by atoms with Crippen molar-refractivity contribution in [3.63, 3.8) is 0 Å². The molecule has 17 heavy (non-hydrogen) atoms. The number of morpholine rings is 1. The maximum Gasteiger partial charge on any atom is 0.0642 e. The first-order valence-electron chi connectivity index (χ1n) is 5.85. The van der Waals surface area contributed by atoms with Gasteiger partial charge >= 0.3 is 0 Å². The summed E-state index contributed by atoms with van der Waals surface area (Å²) in [5.74, 6) is 0. The topological polar surface area (TPSA) is 41.2 Å².